The number of imidazole rings is 1. The lowest BCUT2D eigenvalue weighted by Crippen LogP contribution is -2.31. The minimum Gasteiger partial charge on any atom is -0.377 e. The smallest absolute Gasteiger partial charge is 0.279 e. The van der Waals surface area contributed by atoms with E-state index in [2.05, 4.69) is 34.7 Å². The average molecular weight is 503 g/mol. The number of pyridine rings is 1. The fraction of sp³-hybridized carbons (Fsp3) is 0.333. The number of halogens is 1. The van der Waals surface area contributed by atoms with E-state index in [4.69, 9.17) is 21.3 Å². The van der Waals surface area contributed by atoms with Gasteiger partial charge in [0.1, 0.15) is 17.7 Å². The monoisotopic (exact) mass is 502 g/mol. The van der Waals surface area contributed by atoms with Gasteiger partial charge >= 0.3 is 0 Å². The first-order valence-corrected chi connectivity index (χ1v) is 12.5. The number of hydrogen-bond acceptors (Lipinski definition) is 5. The minimum atomic E-state index is -0.359. The summed E-state index contributed by atoms with van der Waals surface area (Å²) >= 11 is 6.24. The van der Waals surface area contributed by atoms with E-state index in [1.807, 2.05) is 59.7 Å². The Morgan fingerprint density at radius 1 is 1.14 bits per heavy atom. The van der Waals surface area contributed by atoms with Crippen LogP contribution in [0.15, 0.2) is 42.6 Å². The molecule has 184 valence electrons. The number of fused-ring (bicyclic) bond motifs is 2. The van der Waals surface area contributed by atoms with Crippen LogP contribution < -0.4 is 4.90 Å². The first-order chi connectivity index (χ1) is 17.3. The van der Waals surface area contributed by atoms with Crippen molar-refractivity contribution in [3.05, 3.63) is 81.8 Å². The topological polar surface area (TPSA) is 77.6 Å². The summed E-state index contributed by atoms with van der Waals surface area (Å²) < 4.78 is 9.69. The summed E-state index contributed by atoms with van der Waals surface area (Å²) in [7, 11) is 0. The summed E-state index contributed by atoms with van der Waals surface area (Å²) in [5.74, 6) is 1.50. The second kappa shape index (κ2) is 8.57. The molecule has 6 rings (SSSR count). The van der Waals surface area contributed by atoms with E-state index in [-0.39, 0.29) is 18.0 Å². The summed E-state index contributed by atoms with van der Waals surface area (Å²) in [4.78, 5) is 20.9. The van der Waals surface area contributed by atoms with Crippen molar-refractivity contribution in [2.45, 2.75) is 46.2 Å². The molecule has 0 N–H and O–H groups in total. The standard InChI is InChI=1S/C27H27ClN6O2/c1-15(2)33-24-22(29-26(33)19-9-11-36-12-10-19)27(35)34(23(24)18-5-7-20(28)8-6-18)21-13-16(3)25-31-30-17(4)32(25)14-21/h5-9,13-15,23H,10-12H2,1-4H3/t23-/m1/s1. The Kier molecular flexibility index (Phi) is 5.46. The Morgan fingerprint density at radius 3 is 2.61 bits per heavy atom. The molecule has 1 aromatic carbocycles. The van der Waals surface area contributed by atoms with Gasteiger partial charge in [-0.3, -0.25) is 14.1 Å². The van der Waals surface area contributed by atoms with Crippen LogP contribution in [0.1, 0.15) is 71.3 Å². The van der Waals surface area contributed by atoms with E-state index in [9.17, 15) is 4.79 Å². The number of ether oxygens (including phenoxy) is 1. The predicted molar refractivity (Wildman–Crippen MR) is 139 cm³/mol. The summed E-state index contributed by atoms with van der Waals surface area (Å²) in [6.45, 7) is 9.37. The van der Waals surface area contributed by atoms with E-state index >= 15 is 0 Å². The number of nitrogens with zero attached hydrogens (tertiary/aromatic N) is 6. The van der Waals surface area contributed by atoms with Gasteiger partial charge in [0.05, 0.1) is 24.6 Å². The Hall–Kier alpha value is -3.49. The largest absolute Gasteiger partial charge is 0.377 e. The third kappa shape index (κ3) is 3.47. The third-order valence-corrected chi connectivity index (χ3v) is 7.21. The fourth-order valence-electron chi connectivity index (χ4n) is 5.30. The Morgan fingerprint density at radius 2 is 1.92 bits per heavy atom. The zero-order valence-corrected chi connectivity index (χ0v) is 21.5. The molecule has 0 saturated heterocycles. The van der Waals surface area contributed by atoms with Gasteiger partial charge in [0.15, 0.2) is 11.3 Å². The van der Waals surface area contributed by atoms with E-state index in [1.165, 1.54) is 0 Å². The van der Waals surface area contributed by atoms with Crippen molar-refractivity contribution in [1.82, 2.24) is 24.1 Å². The molecule has 0 aliphatic carbocycles. The molecule has 0 bridgehead atoms. The lowest BCUT2D eigenvalue weighted by molar-refractivity contribution is 0.0989. The molecule has 0 saturated carbocycles. The zero-order valence-electron chi connectivity index (χ0n) is 20.7. The van der Waals surface area contributed by atoms with Gasteiger partial charge in [-0.2, -0.15) is 0 Å². The number of carbonyl (C=O) groups excluding carboxylic acids is 1. The number of benzene rings is 1. The summed E-state index contributed by atoms with van der Waals surface area (Å²) in [5.41, 5.74) is 5.98. The van der Waals surface area contributed by atoms with Crippen molar-refractivity contribution < 1.29 is 9.53 Å². The molecule has 8 nitrogen and oxygen atoms in total. The molecule has 0 unspecified atom stereocenters. The quantitative estimate of drug-likeness (QED) is 0.377. The first-order valence-electron chi connectivity index (χ1n) is 12.2. The van der Waals surface area contributed by atoms with Crippen molar-refractivity contribution in [3.63, 3.8) is 0 Å². The van der Waals surface area contributed by atoms with Crippen molar-refractivity contribution in [2.75, 3.05) is 18.1 Å². The molecular weight excluding hydrogens is 476 g/mol. The molecule has 2 aliphatic rings. The summed E-state index contributed by atoms with van der Waals surface area (Å²) in [6, 6.07) is 9.46. The first kappa shape index (κ1) is 22.9. The van der Waals surface area contributed by atoms with Crippen LogP contribution >= 0.6 is 11.6 Å². The number of hydrogen-bond donors (Lipinski definition) is 0. The highest BCUT2D eigenvalue weighted by Gasteiger charge is 2.45. The number of rotatable bonds is 4. The molecule has 9 heteroatoms. The van der Waals surface area contributed by atoms with Gasteiger partial charge in [-0.25, -0.2) is 4.98 Å². The van der Waals surface area contributed by atoms with Gasteiger partial charge in [-0.15, -0.1) is 10.2 Å². The number of aromatic nitrogens is 5. The lowest BCUT2D eigenvalue weighted by atomic mass is 10.0. The van der Waals surface area contributed by atoms with Crippen LogP contribution in [0.5, 0.6) is 0 Å². The Balaban J connectivity index is 1.59. The Labute approximate surface area is 214 Å². The lowest BCUT2D eigenvalue weighted by Gasteiger charge is -2.29. The second-order valence-corrected chi connectivity index (χ2v) is 10.1. The molecule has 4 aromatic rings. The maximum absolute atomic E-state index is 14.1. The van der Waals surface area contributed by atoms with Gasteiger partial charge < -0.3 is 9.30 Å². The molecule has 2 aliphatic heterocycles. The van der Waals surface area contributed by atoms with Gasteiger partial charge in [0.2, 0.25) is 0 Å². The van der Waals surface area contributed by atoms with Crippen molar-refractivity contribution >= 4 is 34.4 Å². The third-order valence-electron chi connectivity index (χ3n) is 6.96. The number of carbonyl (C=O) groups is 1. The number of aryl methyl sites for hydroxylation is 2. The highest BCUT2D eigenvalue weighted by atomic mass is 35.5. The van der Waals surface area contributed by atoms with Crippen LogP contribution in [0.2, 0.25) is 5.02 Å². The van der Waals surface area contributed by atoms with Crippen LogP contribution in [0, 0.1) is 13.8 Å². The van der Waals surface area contributed by atoms with E-state index in [0.717, 1.165) is 51.8 Å². The highest BCUT2D eigenvalue weighted by molar-refractivity contribution is 6.30. The van der Waals surface area contributed by atoms with Crippen LogP contribution in [0.4, 0.5) is 5.69 Å². The number of amides is 1. The summed E-state index contributed by atoms with van der Waals surface area (Å²) in [6.07, 6.45) is 4.78. The molecule has 36 heavy (non-hydrogen) atoms. The SMILES string of the molecule is Cc1cc(N2C(=O)c3nc(C4=CCOCC4)n(C(C)C)c3[C@H]2c2ccc(Cl)cc2)cn2c(C)nnc12. The average Bonchev–Trinajstić information content (AvgIpc) is 3.52. The number of anilines is 1. The summed E-state index contributed by atoms with van der Waals surface area (Å²) in [5, 5.41) is 9.16. The maximum atomic E-state index is 14.1. The Bertz CT molecular complexity index is 1530. The van der Waals surface area contributed by atoms with E-state index < -0.39 is 0 Å². The highest BCUT2D eigenvalue weighted by Crippen LogP contribution is 2.44. The molecule has 0 spiro atoms. The zero-order chi connectivity index (χ0) is 25.1. The van der Waals surface area contributed by atoms with Gasteiger partial charge in [0.25, 0.3) is 5.91 Å². The predicted octanol–water partition coefficient (Wildman–Crippen LogP) is 5.33. The van der Waals surface area contributed by atoms with Gasteiger partial charge in [-0.05, 0) is 69.0 Å². The van der Waals surface area contributed by atoms with E-state index in [0.29, 0.717) is 23.9 Å². The normalized spacial score (nSPS) is 17.8. The van der Waals surface area contributed by atoms with Crippen LogP contribution in [-0.2, 0) is 4.74 Å². The van der Waals surface area contributed by atoms with E-state index in [1.54, 1.807) is 0 Å². The van der Waals surface area contributed by atoms with Crippen LogP contribution in [0.25, 0.3) is 11.2 Å². The minimum absolute atomic E-state index is 0.104. The van der Waals surface area contributed by atoms with Crippen molar-refractivity contribution in [3.8, 4) is 0 Å². The molecule has 0 fully saturated rings. The second-order valence-electron chi connectivity index (χ2n) is 9.64. The van der Waals surface area contributed by atoms with Gasteiger partial charge in [0, 0.05) is 17.3 Å². The molecule has 3 aromatic heterocycles. The van der Waals surface area contributed by atoms with Crippen molar-refractivity contribution in [2.24, 2.45) is 0 Å². The molecule has 0 radical (unpaired) electrons. The van der Waals surface area contributed by atoms with Crippen molar-refractivity contribution in [1.29, 1.82) is 0 Å². The molecule has 1 amide bonds. The maximum Gasteiger partial charge on any atom is 0.279 e. The molecule has 5 heterocycles. The van der Waals surface area contributed by atoms with Gasteiger partial charge in [-0.1, -0.05) is 29.8 Å². The molecule has 1 atom stereocenters. The van der Waals surface area contributed by atoms with Crippen LogP contribution in [-0.4, -0.2) is 43.3 Å². The molecular formula is C27H27ClN6O2. The van der Waals surface area contributed by atoms with Crippen LogP contribution in [0.3, 0.4) is 0 Å². The fourth-order valence-corrected chi connectivity index (χ4v) is 5.42.